The van der Waals surface area contributed by atoms with Crippen molar-refractivity contribution in [1.29, 1.82) is 0 Å². The molecule has 1 aromatic carbocycles. The Morgan fingerprint density at radius 2 is 1.93 bits per heavy atom. The number of ether oxygens (including phenoxy) is 1. The van der Waals surface area contributed by atoms with Crippen LogP contribution in [-0.2, 0) is 0 Å². The number of likely N-dealkylation sites (tertiary alicyclic amines) is 1. The molecule has 0 unspecified atom stereocenters. The fourth-order valence-electron chi connectivity index (χ4n) is 3.41. The highest BCUT2D eigenvalue weighted by atomic mass is 16.5. The van der Waals surface area contributed by atoms with Gasteiger partial charge in [-0.05, 0) is 43.2 Å². The summed E-state index contributed by atoms with van der Waals surface area (Å²) in [7, 11) is 0. The van der Waals surface area contributed by atoms with Crippen LogP contribution < -0.4 is 4.74 Å². The molecule has 1 saturated heterocycles. The Morgan fingerprint density at radius 3 is 2.70 bits per heavy atom. The first-order valence-corrected chi connectivity index (χ1v) is 9.27. The van der Waals surface area contributed by atoms with Gasteiger partial charge >= 0.3 is 0 Å². The van der Waals surface area contributed by atoms with Gasteiger partial charge in [-0.15, -0.1) is 5.10 Å². The molecule has 0 bridgehead atoms. The first-order chi connectivity index (χ1) is 13.2. The first kappa shape index (κ1) is 17.4. The van der Waals surface area contributed by atoms with Gasteiger partial charge in [0.2, 0.25) is 5.88 Å². The van der Waals surface area contributed by atoms with Crippen molar-refractivity contribution in [2.24, 2.45) is 5.92 Å². The highest BCUT2D eigenvalue weighted by Gasteiger charge is 2.25. The van der Waals surface area contributed by atoms with E-state index in [2.05, 4.69) is 15.2 Å². The second-order valence-corrected chi connectivity index (χ2v) is 6.94. The van der Waals surface area contributed by atoms with Crippen molar-refractivity contribution in [2.75, 3.05) is 19.7 Å². The van der Waals surface area contributed by atoms with Crippen molar-refractivity contribution < 1.29 is 9.53 Å². The molecular formula is C21H22N4O2. The maximum absolute atomic E-state index is 12.9. The maximum atomic E-state index is 12.9. The molecule has 6 heteroatoms. The zero-order valence-electron chi connectivity index (χ0n) is 15.3. The summed E-state index contributed by atoms with van der Waals surface area (Å²) in [6.45, 7) is 3.94. The lowest BCUT2D eigenvalue weighted by Gasteiger charge is -2.31. The van der Waals surface area contributed by atoms with Gasteiger partial charge in [0.1, 0.15) is 5.69 Å². The number of pyridine rings is 1. The molecule has 0 atom stereocenters. The van der Waals surface area contributed by atoms with Crippen LogP contribution in [0.2, 0.25) is 0 Å². The molecule has 1 aliphatic rings. The van der Waals surface area contributed by atoms with Crippen LogP contribution >= 0.6 is 0 Å². The summed E-state index contributed by atoms with van der Waals surface area (Å²) in [6.07, 6.45) is 3.53. The summed E-state index contributed by atoms with van der Waals surface area (Å²) in [6, 6.07) is 13.5. The van der Waals surface area contributed by atoms with E-state index >= 15 is 0 Å². The van der Waals surface area contributed by atoms with Crippen molar-refractivity contribution >= 4 is 16.7 Å². The van der Waals surface area contributed by atoms with Crippen LogP contribution in [0.4, 0.5) is 0 Å². The number of rotatable bonds is 4. The van der Waals surface area contributed by atoms with E-state index in [1.54, 1.807) is 6.20 Å². The summed E-state index contributed by atoms with van der Waals surface area (Å²) in [5, 5.41) is 9.98. The summed E-state index contributed by atoms with van der Waals surface area (Å²) in [4.78, 5) is 19.2. The molecule has 1 fully saturated rings. The van der Waals surface area contributed by atoms with Gasteiger partial charge in [-0.3, -0.25) is 9.78 Å². The van der Waals surface area contributed by atoms with Gasteiger partial charge in [-0.1, -0.05) is 24.3 Å². The molecule has 0 aliphatic carbocycles. The van der Waals surface area contributed by atoms with Gasteiger partial charge in [-0.2, -0.15) is 5.10 Å². The SMILES string of the molecule is Cc1ccc(OCC2CCN(C(=O)c3nccc4ccccc34)CC2)nn1. The van der Waals surface area contributed by atoms with E-state index in [1.165, 1.54) is 0 Å². The number of aryl methyl sites for hydroxylation is 1. The molecule has 4 rings (SSSR count). The highest BCUT2D eigenvalue weighted by Crippen LogP contribution is 2.22. The zero-order chi connectivity index (χ0) is 18.6. The molecular weight excluding hydrogens is 340 g/mol. The second kappa shape index (κ2) is 7.70. The van der Waals surface area contributed by atoms with Gasteiger partial charge in [-0.25, -0.2) is 0 Å². The minimum atomic E-state index is 0.00979. The number of benzene rings is 1. The standard InChI is InChI=1S/C21H22N4O2/c1-15-6-7-19(24-23-15)27-14-16-9-12-25(13-10-16)21(26)20-18-5-3-2-4-17(18)8-11-22-20/h2-8,11,16H,9-10,12-14H2,1H3. The molecule has 6 nitrogen and oxygen atoms in total. The second-order valence-electron chi connectivity index (χ2n) is 6.94. The van der Waals surface area contributed by atoms with Crippen molar-refractivity contribution in [3.05, 3.63) is 60.0 Å². The molecule has 138 valence electrons. The molecule has 3 heterocycles. The Hall–Kier alpha value is -3.02. The molecule has 27 heavy (non-hydrogen) atoms. The topological polar surface area (TPSA) is 68.2 Å². The van der Waals surface area contributed by atoms with Gasteiger partial charge in [0, 0.05) is 30.7 Å². The van der Waals surface area contributed by atoms with Crippen molar-refractivity contribution in [2.45, 2.75) is 19.8 Å². The van der Waals surface area contributed by atoms with E-state index in [1.807, 2.05) is 54.3 Å². The molecule has 0 N–H and O–H groups in total. The highest BCUT2D eigenvalue weighted by molar-refractivity contribution is 6.05. The Morgan fingerprint density at radius 1 is 1.11 bits per heavy atom. The van der Waals surface area contributed by atoms with Crippen LogP contribution in [0, 0.1) is 12.8 Å². The van der Waals surface area contributed by atoms with Gasteiger partial charge < -0.3 is 9.64 Å². The smallest absolute Gasteiger partial charge is 0.273 e. The monoisotopic (exact) mass is 362 g/mol. The maximum Gasteiger partial charge on any atom is 0.273 e. The first-order valence-electron chi connectivity index (χ1n) is 9.27. The number of aromatic nitrogens is 3. The van der Waals surface area contributed by atoms with Crippen molar-refractivity contribution in [3.63, 3.8) is 0 Å². The molecule has 1 amide bonds. The van der Waals surface area contributed by atoms with Crippen molar-refractivity contribution in [1.82, 2.24) is 20.1 Å². The molecule has 3 aromatic rings. The molecule has 0 saturated carbocycles. The Bertz CT molecular complexity index is 929. The number of amides is 1. The Balaban J connectivity index is 1.36. The number of carbonyl (C=O) groups is 1. The van der Waals surface area contributed by atoms with E-state index in [4.69, 9.17) is 4.74 Å². The largest absolute Gasteiger partial charge is 0.476 e. The van der Waals surface area contributed by atoms with Crippen molar-refractivity contribution in [3.8, 4) is 5.88 Å². The van der Waals surface area contributed by atoms with Crippen LogP contribution in [0.1, 0.15) is 29.0 Å². The third kappa shape index (κ3) is 3.89. The van der Waals surface area contributed by atoms with Crippen LogP contribution in [0.5, 0.6) is 5.88 Å². The number of fused-ring (bicyclic) bond motifs is 1. The van der Waals surface area contributed by atoms with Crippen LogP contribution in [0.15, 0.2) is 48.7 Å². The summed E-state index contributed by atoms with van der Waals surface area (Å²) < 4.78 is 5.75. The Labute approximate surface area is 158 Å². The quantitative estimate of drug-likeness (QED) is 0.712. The molecule has 2 aromatic heterocycles. The predicted molar refractivity (Wildman–Crippen MR) is 103 cm³/mol. The number of hydrogen-bond acceptors (Lipinski definition) is 5. The average molecular weight is 362 g/mol. The van der Waals surface area contributed by atoms with Gasteiger partial charge in [0.25, 0.3) is 5.91 Å². The average Bonchev–Trinajstić information content (AvgIpc) is 2.73. The minimum absolute atomic E-state index is 0.00979. The lowest BCUT2D eigenvalue weighted by atomic mass is 9.97. The predicted octanol–water partition coefficient (Wildman–Crippen LogP) is 3.26. The van der Waals surface area contributed by atoms with Gasteiger partial charge in [0.05, 0.1) is 12.3 Å². The van der Waals surface area contributed by atoms with Crippen LogP contribution in [-0.4, -0.2) is 45.7 Å². The van der Waals surface area contributed by atoms with E-state index in [-0.39, 0.29) is 5.91 Å². The third-order valence-electron chi connectivity index (χ3n) is 5.02. The van der Waals surface area contributed by atoms with E-state index < -0.39 is 0 Å². The number of hydrogen-bond donors (Lipinski definition) is 0. The third-order valence-corrected chi connectivity index (χ3v) is 5.02. The number of piperidine rings is 1. The van der Waals surface area contributed by atoms with Crippen LogP contribution in [0.25, 0.3) is 10.8 Å². The molecule has 0 spiro atoms. The van der Waals surface area contributed by atoms with Gasteiger partial charge in [0.15, 0.2) is 0 Å². The fraction of sp³-hybridized carbons (Fsp3) is 0.333. The summed E-state index contributed by atoms with van der Waals surface area (Å²) in [5.74, 6) is 0.979. The number of carbonyl (C=O) groups excluding carboxylic acids is 1. The minimum Gasteiger partial charge on any atom is -0.476 e. The Kier molecular flexibility index (Phi) is 4.96. The normalized spacial score (nSPS) is 15.1. The fourth-order valence-corrected chi connectivity index (χ4v) is 3.41. The summed E-state index contributed by atoms with van der Waals surface area (Å²) >= 11 is 0. The van der Waals surface area contributed by atoms with Crippen LogP contribution in [0.3, 0.4) is 0 Å². The van der Waals surface area contributed by atoms with E-state index in [0.717, 1.165) is 42.4 Å². The lowest BCUT2D eigenvalue weighted by molar-refractivity contribution is 0.0655. The summed E-state index contributed by atoms with van der Waals surface area (Å²) in [5.41, 5.74) is 1.41. The molecule has 0 radical (unpaired) electrons. The molecule has 1 aliphatic heterocycles. The van der Waals surface area contributed by atoms with E-state index in [0.29, 0.717) is 24.1 Å². The number of nitrogens with zero attached hydrogens (tertiary/aromatic N) is 4. The zero-order valence-corrected chi connectivity index (χ0v) is 15.3. The lowest BCUT2D eigenvalue weighted by Crippen LogP contribution is -2.40. The van der Waals surface area contributed by atoms with E-state index in [9.17, 15) is 4.79 Å².